The van der Waals surface area contributed by atoms with Gasteiger partial charge in [0.15, 0.2) is 0 Å². The zero-order chi connectivity index (χ0) is 14.5. The maximum atomic E-state index is 7.64. The van der Waals surface area contributed by atoms with Crippen LogP contribution in [-0.4, -0.2) is 30.3 Å². The first-order valence-electron chi connectivity index (χ1n) is 7.40. The summed E-state index contributed by atoms with van der Waals surface area (Å²) in [6.07, 6.45) is 5.53. The monoisotopic (exact) mass is 280 g/mol. The van der Waals surface area contributed by atoms with Crippen molar-refractivity contribution in [2.24, 2.45) is 0 Å². The summed E-state index contributed by atoms with van der Waals surface area (Å²) in [5.74, 6) is 0. The Bertz CT molecular complexity index is 657. The summed E-state index contributed by atoms with van der Waals surface area (Å²) < 4.78 is 0. The Labute approximate surface area is 124 Å². The minimum absolute atomic E-state index is 0.488. The van der Waals surface area contributed by atoms with E-state index in [1.165, 1.54) is 6.21 Å². The molecule has 0 atom stereocenters. The molecule has 2 heterocycles. The number of rotatable bonds is 4. The van der Waals surface area contributed by atoms with Crippen molar-refractivity contribution in [3.05, 3.63) is 48.3 Å². The second kappa shape index (κ2) is 6.50. The van der Waals surface area contributed by atoms with Crippen LogP contribution in [0, 0.1) is 5.41 Å². The molecule has 3 rings (SSSR count). The van der Waals surface area contributed by atoms with Crippen molar-refractivity contribution in [1.29, 1.82) is 5.41 Å². The van der Waals surface area contributed by atoms with Gasteiger partial charge in [-0.15, -0.1) is 0 Å². The number of benzene rings is 1. The van der Waals surface area contributed by atoms with Gasteiger partial charge in [-0.2, -0.15) is 0 Å². The van der Waals surface area contributed by atoms with E-state index in [1.807, 2.05) is 36.5 Å². The minimum atomic E-state index is 0.488. The molecule has 1 aromatic heterocycles. The van der Waals surface area contributed by atoms with E-state index in [2.05, 4.69) is 21.7 Å². The predicted octanol–water partition coefficient (Wildman–Crippen LogP) is 2.57. The molecule has 1 saturated heterocycles. The molecule has 1 fully saturated rings. The van der Waals surface area contributed by atoms with Crippen LogP contribution in [0.2, 0.25) is 0 Å². The van der Waals surface area contributed by atoms with Crippen molar-refractivity contribution in [2.45, 2.75) is 18.9 Å². The largest absolute Gasteiger partial charge is 0.387 e. The zero-order valence-corrected chi connectivity index (χ0v) is 12.0. The molecule has 0 amide bonds. The minimum Gasteiger partial charge on any atom is -0.387 e. The summed E-state index contributed by atoms with van der Waals surface area (Å²) in [6.45, 7) is 2.11. The van der Waals surface area contributed by atoms with Crippen LogP contribution in [0.25, 0.3) is 16.5 Å². The van der Waals surface area contributed by atoms with Crippen LogP contribution in [-0.2, 0) is 0 Å². The number of nitrogens with one attached hydrogen (secondary N) is 3. The Morgan fingerprint density at radius 1 is 1.19 bits per heavy atom. The molecule has 0 unspecified atom stereocenters. The standard InChI is InChI=1S/C17H20N4/c18-11-14(12-20-15-7-9-19-10-8-15)17-6-5-13-3-1-2-4-16(13)21-17/h1-6,11-12,15,18-20H,7-10H2/b14-12+,18-11?. The molecular weight excluding hydrogens is 260 g/mol. The van der Waals surface area contributed by atoms with E-state index in [1.54, 1.807) is 0 Å². The van der Waals surface area contributed by atoms with Gasteiger partial charge >= 0.3 is 0 Å². The molecule has 4 nitrogen and oxygen atoms in total. The molecule has 1 aromatic carbocycles. The highest BCUT2D eigenvalue weighted by atomic mass is 15.0. The summed E-state index contributed by atoms with van der Waals surface area (Å²) >= 11 is 0. The van der Waals surface area contributed by atoms with E-state index < -0.39 is 0 Å². The number of nitrogens with zero attached hydrogens (tertiary/aromatic N) is 1. The number of fused-ring (bicyclic) bond motifs is 1. The lowest BCUT2D eigenvalue weighted by atomic mass is 10.1. The molecule has 108 valence electrons. The van der Waals surface area contributed by atoms with Gasteiger partial charge < -0.3 is 16.0 Å². The van der Waals surface area contributed by atoms with Crippen molar-refractivity contribution >= 4 is 22.7 Å². The zero-order valence-electron chi connectivity index (χ0n) is 12.0. The lowest BCUT2D eigenvalue weighted by molar-refractivity contribution is 0.420. The third-order valence-electron chi connectivity index (χ3n) is 3.86. The van der Waals surface area contributed by atoms with Crippen LogP contribution in [0.15, 0.2) is 42.6 Å². The highest BCUT2D eigenvalue weighted by molar-refractivity contribution is 6.07. The second-order valence-electron chi connectivity index (χ2n) is 5.32. The number of allylic oxidation sites excluding steroid dienone is 1. The van der Waals surface area contributed by atoms with E-state index in [0.29, 0.717) is 6.04 Å². The normalized spacial score (nSPS) is 16.9. The molecule has 1 aliphatic rings. The summed E-state index contributed by atoms with van der Waals surface area (Å²) in [4.78, 5) is 4.64. The van der Waals surface area contributed by atoms with Gasteiger partial charge in [-0.25, -0.2) is 4.98 Å². The van der Waals surface area contributed by atoms with Gasteiger partial charge in [-0.3, -0.25) is 0 Å². The summed E-state index contributed by atoms with van der Waals surface area (Å²) in [6, 6.07) is 12.6. The van der Waals surface area contributed by atoms with E-state index in [4.69, 9.17) is 5.41 Å². The Morgan fingerprint density at radius 3 is 2.81 bits per heavy atom. The molecule has 0 radical (unpaired) electrons. The smallest absolute Gasteiger partial charge is 0.0739 e. The molecule has 0 saturated carbocycles. The van der Waals surface area contributed by atoms with Crippen molar-refractivity contribution in [3.8, 4) is 0 Å². The van der Waals surface area contributed by atoms with Gasteiger partial charge in [0.2, 0.25) is 0 Å². The van der Waals surface area contributed by atoms with Crippen LogP contribution < -0.4 is 10.6 Å². The van der Waals surface area contributed by atoms with E-state index in [0.717, 1.165) is 48.1 Å². The van der Waals surface area contributed by atoms with Gasteiger partial charge in [0.1, 0.15) is 0 Å². The summed E-state index contributed by atoms with van der Waals surface area (Å²) in [5, 5.41) is 15.5. The van der Waals surface area contributed by atoms with Crippen LogP contribution in [0.3, 0.4) is 0 Å². The fourth-order valence-corrected chi connectivity index (χ4v) is 2.61. The van der Waals surface area contributed by atoms with Gasteiger partial charge in [0, 0.05) is 29.4 Å². The molecule has 0 aliphatic carbocycles. The summed E-state index contributed by atoms with van der Waals surface area (Å²) in [7, 11) is 0. The molecule has 21 heavy (non-hydrogen) atoms. The Balaban J connectivity index is 1.81. The SMILES string of the molecule is N=C/C(=C\NC1CCNCC1)c1ccc2ccccc2n1. The molecule has 0 spiro atoms. The first-order chi connectivity index (χ1) is 10.4. The summed E-state index contributed by atoms with van der Waals surface area (Å²) in [5.41, 5.74) is 2.62. The quantitative estimate of drug-likeness (QED) is 0.754. The number of hydrogen-bond acceptors (Lipinski definition) is 4. The fourth-order valence-electron chi connectivity index (χ4n) is 2.61. The molecular formula is C17H20N4. The number of aromatic nitrogens is 1. The van der Waals surface area contributed by atoms with Crippen molar-refractivity contribution in [2.75, 3.05) is 13.1 Å². The highest BCUT2D eigenvalue weighted by Crippen LogP contribution is 2.16. The topological polar surface area (TPSA) is 60.8 Å². The molecule has 0 bridgehead atoms. The maximum absolute atomic E-state index is 7.64. The van der Waals surface area contributed by atoms with Gasteiger partial charge in [0.05, 0.1) is 11.2 Å². The van der Waals surface area contributed by atoms with Crippen molar-refractivity contribution in [1.82, 2.24) is 15.6 Å². The van der Waals surface area contributed by atoms with E-state index in [-0.39, 0.29) is 0 Å². The van der Waals surface area contributed by atoms with Gasteiger partial charge in [0.25, 0.3) is 0 Å². The maximum Gasteiger partial charge on any atom is 0.0739 e. The Hall–Kier alpha value is -2.20. The Kier molecular flexibility index (Phi) is 4.26. The highest BCUT2D eigenvalue weighted by Gasteiger charge is 2.11. The van der Waals surface area contributed by atoms with Crippen LogP contribution in [0.1, 0.15) is 18.5 Å². The average molecular weight is 280 g/mol. The van der Waals surface area contributed by atoms with E-state index in [9.17, 15) is 0 Å². The third-order valence-corrected chi connectivity index (χ3v) is 3.86. The number of hydrogen-bond donors (Lipinski definition) is 3. The van der Waals surface area contributed by atoms with Gasteiger partial charge in [-0.05, 0) is 38.1 Å². The van der Waals surface area contributed by atoms with Crippen molar-refractivity contribution in [3.63, 3.8) is 0 Å². The van der Waals surface area contributed by atoms with Crippen molar-refractivity contribution < 1.29 is 0 Å². The molecule has 3 N–H and O–H groups in total. The number of pyridine rings is 1. The van der Waals surface area contributed by atoms with Gasteiger partial charge in [-0.1, -0.05) is 24.3 Å². The fraction of sp³-hybridized carbons (Fsp3) is 0.294. The molecule has 4 heteroatoms. The average Bonchev–Trinajstić information content (AvgIpc) is 2.56. The van der Waals surface area contributed by atoms with Crippen LogP contribution in [0.5, 0.6) is 0 Å². The number of piperidine rings is 1. The third kappa shape index (κ3) is 3.28. The Morgan fingerprint density at radius 2 is 2.00 bits per heavy atom. The first kappa shape index (κ1) is 13.8. The second-order valence-corrected chi connectivity index (χ2v) is 5.32. The number of para-hydroxylation sites is 1. The first-order valence-corrected chi connectivity index (χ1v) is 7.40. The van der Waals surface area contributed by atoms with Crippen LogP contribution in [0.4, 0.5) is 0 Å². The molecule has 1 aliphatic heterocycles. The lowest BCUT2D eigenvalue weighted by Crippen LogP contribution is -2.37. The predicted molar refractivity (Wildman–Crippen MR) is 87.5 cm³/mol. The van der Waals surface area contributed by atoms with Crippen LogP contribution >= 0.6 is 0 Å². The van der Waals surface area contributed by atoms with E-state index >= 15 is 0 Å². The molecule has 2 aromatic rings. The lowest BCUT2D eigenvalue weighted by Gasteiger charge is -2.23.